The Bertz CT molecular complexity index is 479. The molecule has 1 unspecified atom stereocenters. The first-order valence-electron chi connectivity index (χ1n) is 7.06. The predicted octanol–water partition coefficient (Wildman–Crippen LogP) is 1.72. The molecule has 20 heavy (non-hydrogen) atoms. The van der Waals surface area contributed by atoms with Gasteiger partial charge >= 0.3 is 5.97 Å². The summed E-state index contributed by atoms with van der Waals surface area (Å²) in [7, 11) is 0. The zero-order chi connectivity index (χ0) is 14.5. The number of hydrogen-bond donors (Lipinski definition) is 0. The zero-order valence-corrected chi connectivity index (χ0v) is 12.3. The molecule has 1 saturated heterocycles. The van der Waals surface area contributed by atoms with E-state index >= 15 is 0 Å². The number of aromatic nitrogens is 2. The second-order valence-corrected chi connectivity index (χ2v) is 4.66. The highest BCUT2D eigenvalue weighted by Gasteiger charge is 2.34. The van der Waals surface area contributed by atoms with Crippen molar-refractivity contribution in [2.45, 2.75) is 39.7 Å². The molecule has 2 heterocycles. The summed E-state index contributed by atoms with van der Waals surface area (Å²) in [6, 6.07) is -0.252. The van der Waals surface area contributed by atoms with Gasteiger partial charge in [0.1, 0.15) is 18.2 Å². The van der Waals surface area contributed by atoms with Crippen LogP contribution >= 0.6 is 0 Å². The normalized spacial score (nSPS) is 18.1. The molecule has 6 heteroatoms. The highest BCUT2D eigenvalue weighted by molar-refractivity contribution is 5.80. The molecule has 0 aliphatic carbocycles. The van der Waals surface area contributed by atoms with E-state index in [0.717, 1.165) is 30.8 Å². The quantitative estimate of drug-likeness (QED) is 0.765. The second-order valence-electron chi connectivity index (χ2n) is 4.66. The maximum Gasteiger partial charge on any atom is 0.328 e. The summed E-state index contributed by atoms with van der Waals surface area (Å²) in [4.78, 5) is 22.5. The highest BCUT2D eigenvalue weighted by Crippen LogP contribution is 2.30. The number of esters is 1. The van der Waals surface area contributed by atoms with Crippen LogP contribution in [0.25, 0.3) is 0 Å². The molecule has 0 aromatic carbocycles. The summed E-state index contributed by atoms with van der Waals surface area (Å²) in [5, 5.41) is 0. The summed E-state index contributed by atoms with van der Waals surface area (Å²) < 4.78 is 10.6. The van der Waals surface area contributed by atoms with Crippen molar-refractivity contribution in [2.75, 3.05) is 24.7 Å². The highest BCUT2D eigenvalue weighted by atomic mass is 16.5. The topological polar surface area (TPSA) is 64.5 Å². The fourth-order valence-corrected chi connectivity index (χ4v) is 2.50. The fraction of sp³-hybridized carbons (Fsp3) is 0.643. The lowest BCUT2D eigenvalue weighted by Gasteiger charge is -2.25. The molecule has 0 bridgehead atoms. The Balaban J connectivity index is 2.25. The van der Waals surface area contributed by atoms with Crippen molar-refractivity contribution in [1.29, 1.82) is 0 Å². The second kappa shape index (κ2) is 6.54. The molecule has 0 amide bonds. The fourth-order valence-electron chi connectivity index (χ4n) is 2.50. The maximum absolute atomic E-state index is 12.0. The number of carbonyl (C=O) groups excluding carboxylic acids is 1. The van der Waals surface area contributed by atoms with Crippen LogP contribution < -0.4 is 9.64 Å². The first-order valence-corrected chi connectivity index (χ1v) is 7.06. The van der Waals surface area contributed by atoms with Crippen LogP contribution in [0.1, 0.15) is 32.3 Å². The van der Waals surface area contributed by atoms with Gasteiger partial charge in [0, 0.05) is 6.54 Å². The van der Waals surface area contributed by atoms with Gasteiger partial charge in [-0.05, 0) is 33.6 Å². The summed E-state index contributed by atoms with van der Waals surface area (Å²) in [5.74, 6) is 1.16. The number of ether oxygens (including phenoxy) is 2. The Hall–Kier alpha value is -1.85. The maximum atomic E-state index is 12.0. The van der Waals surface area contributed by atoms with Crippen LogP contribution in [-0.2, 0) is 9.53 Å². The van der Waals surface area contributed by atoms with Crippen LogP contribution in [0.2, 0.25) is 0 Å². The lowest BCUT2D eigenvalue weighted by molar-refractivity contribution is -0.144. The molecule has 1 aliphatic heterocycles. The Labute approximate surface area is 119 Å². The number of carbonyl (C=O) groups is 1. The van der Waals surface area contributed by atoms with E-state index in [4.69, 9.17) is 9.47 Å². The molecule has 0 saturated carbocycles. The van der Waals surface area contributed by atoms with Crippen molar-refractivity contribution in [2.24, 2.45) is 0 Å². The van der Waals surface area contributed by atoms with Gasteiger partial charge < -0.3 is 14.4 Å². The predicted molar refractivity (Wildman–Crippen MR) is 74.9 cm³/mol. The van der Waals surface area contributed by atoms with Crippen LogP contribution in [0.5, 0.6) is 5.88 Å². The molecule has 1 fully saturated rings. The minimum absolute atomic E-state index is 0.180. The van der Waals surface area contributed by atoms with Crippen molar-refractivity contribution in [1.82, 2.24) is 9.97 Å². The third kappa shape index (κ3) is 2.84. The van der Waals surface area contributed by atoms with Gasteiger partial charge in [-0.15, -0.1) is 0 Å². The van der Waals surface area contributed by atoms with Gasteiger partial charge in [0.15, 0.2) is 0 Å². The largest absolute Gasteiger partial charge is 0.478 e. The Kier molecular flexibility index (Phi) is 4.76. The van der Waals surface area contributed by atoms with E-state index in [1.807, 2.05) is 25.7 Å². The summed E-state index contributed by atoms with van der Waals surface area (Å²) in [6.07, 6.45) is 3.23. The number of anilines is 1. The molecular formula is C14H21N3O3. The van der Waals surface area contributed by atoms with Crippen molar-refractivity contribution in [3.8, 4) is 5.88 Å². The molecule has 110 valence electrons. The third-order valence-corrected chi connectivity index (χ3v) is 3.38. The molecule has 0 N–H and O–H groups in total. The molecule has 6 nitrogen and oxygen atoms in total. The van der Waals surface area contributed by atoms with E-state index in [2.05, 4.69) is 9.97 Å². The van der Waals surface area contributed by atoms with E-state index in [-0.39, 0.29) is 12.0 Å². The average molecular weight is 279 g/mol. The summed E-state index contributed by atoms with van der Waals surface area (Å²) in [5.41, 5.74) is 0.866. The van der Waals surface area contributed by atoms with Crippen LogP contribution in [0.3, 0.4) is 0 Å². The average Bonchev–Trinajstić information content (AvgIpc) is 2.91. The minimum Gasteiger partial charge on any atom is -0.478 e. The molecule has 0 radical (unpaired) electrons. The van der Waals surface area contributed by atoms with Gasteiger partial charge in [-0.1, -0.05) is 0 Å². The van der Waals surface area contributed by atoms with Gasteiger partial charge in [0.25, 0.3) is 0 Å². The molecule has 2 rings (SSSR count). The zero-order valence-electron chi connectivity index (χ0n) is 12.3. The first kappa shape index (κ1) is 14.6. The first-order chi connectivity index (χ1) is 9.69. The minimum atomic E-state index is -0.252. The Morgan fingerprint density at radius 1 is 1.40 bits per heavy atom. The molecule has 1 aromatic rings. The molecule has 0 spiro atoms. The molecule has 1 atom stereocenters. The van der Waals surface area contributed by atoms with Gasteiger partial charge in [-0.3, -0.25) is 0 Å². The number of rotatable bonds is 5. The van der Waals surface area contributed by atoms with E-state index in [1.165, 1.54) is 6.33 Å². The van der Waals surface area contributed by atoms with Crippen molar-refractivity contribution in [3.63, 3.8) is 0 Å². The molecule has 1 aliphatic rings. The van der Waals surface area contributed by atoms with E-state index in [9.17, 15) is 4.79 Å². The van der Waals surface area contributed by atoms with Crippen LogP contribution in [0.4, 0.5) is 5.82 Å². The number of hydrogen-bond acceptors (Lipinski definition) is 6. The van der Waals surface area contributed by atoms with Crippen molar-refractivity contribution in [3.05, 3.63) is 11.9 Å². The lowest BCUT2D eigenvalue weighted by Crippen LogP contribution is -2.38. The van der Waals surface area contributed by atoms with Gasteiger partial charge in [-0.2, -0.15) is 0 Å². The molecule has 1 aromatic heterocycles. The molecular weight excluding hydrogens is 258 g/mol. The van der Waals surface area contributed by atoms with Gasteiger partial charge in [-0.25, -0.2) is 14.8 Å². The monoisotopic (exact) mass is 279 g/mol. The van der Waals surface area contributed by atoms with Crippen LogP contribution in [0.15, 0.2) is 6.33 Å². The summed E-state index contributed by atoms with van der Waals surface area (Å²) >= 11 is 0. The van der Waals surface area contributed by atoms with Gasteiger partial charge in [0.2, 0.25) is 5.88 Å². The Morgan fingerprint density at radius 3 is 2.90 bits per heavy atom. The smallest absolute Gasteiger partial charge is 0.328 e. The SMILES string of the molecule is CCOC(=O)C1CCCN1c1ncnc(OCC)c1C. The van der Waals surface area contributed by atoms with E-state index < -0.39 is 0 Å². The summed E-state index contributed by atoms with van der Waals surface area (Å²) in [6.45, 7) is 7.40. The van der Waals surface area contributed by atoms with Crippen LogP contribution in [-0.4, -0.2) is 41.7 Å². The number of nitrogens with zero attached hydrogens (tertiary/aromatic N) is 3. The Morgan fingerprint density at radius 2 is 2.20 bits per heavy atom. The van der Waals surface area contributed by atoms with E-state index in [0.29, 0.717) is 19.1 Å². The van der Waals surface area contributed by atoms with Crippen molar-refractivity contribution >= 4 is 11.8 Å². The van der Waals surface area contributed by atoms with Crippen molar-refractivity contribution < 1.29 is 14.3 Å². The third-order valence-electron chi connectivity index (χ3n) is 3.38. The standard InChI is InChI=1S/C14H21N3O3/c1-4-19-13-10(3)12(15-9-16-13)17-8-6-7-11(17)14(18)20-5-2/h9,11H,4-8H2,1-3H3. The van der Waals surface area contributed by atoms with E-state index in [1.54, 1.807) is 0 Å². The van der Waals surface area contributed by atoms with Crippen LogP contribution in [0, 0.1) is 6.92 Å². The van der Waals surface area contributed by atoms with Gasteiger partial charge in [0.05, 0.1) is 18.8 Å². The lowest BCUT2D eigenvalue weighted by atomic mass is 10.2.